The molecule has 2 heterocycles. The maximum Gasteiger partial charge on any atom is 0.241 e. The van der Waals surface area contributed by atoms with Crippen molar-refractivity contribution in [2.45, 2.75) is 76.9 Å². The molecule has 1 saturated heterocycles. The minimum atomic E-state index is 0.0841. The summed E-state index contributed by atoms with van der Waals surface area (Å²) in [6.07, 6.45) is 12.4. The minimum absolute atomic E-state index is 0.0841. The van der Waals surface area contributed by atoms with E-state index < -0.39 is 0 Å². The van der Waals surface area contributed by atoms with Gasteiger partial charge in [-0.2, -0.15) is 5.10 Å². The van der Waals surface area contributed by atoms with Crippen molar-refractivity contribution in [3.8, 4) is 0 Å². The van der Waals surface area contributed by atoms with E-state index in [0.29, 0.717) is 12.6 Å². The largest absolute Gasteiger partial charge is 0.350 e. The molecule has 0 spiro atoms. The number of aryl methyl sites for hydroxylation is 1. The second kappa shape index (κ2) is 7.95. The minimum Gasteiger partial charge on any atom is -0.350 e. The summed E-state index contributed by atoms with van der Waals surface area (Å²) >= 11 is 0. The van der Waals surface area contributed by atoms with Crippen molar-refractivity contribution >= 4 is 5.91 Å². The molecule has 0 bridgehead atoms. The Labute approximate surface area is 139 Å². The number of amides is 1. The molecule has 0 unspecified atom stereocenters. The zero-order valence-electron chi connectivity index (χ0n) is 14.3. The molecule has 1 aromatic rings. The summed E-state index contributed by atoms with van der Waals surface area (Å²) in [6, 6.07) is 2.98. The van der Waals surface area contributed by atoms with Crippen LogP contribution in [0, 0.1) is 6.92 Å². The molecular formula is C18H30N4O. The monoisotopic (exact) mass is 318 g/mol. The third-order valence-electron chi connectivity index (χ3n) is 5.24. The maximum absolute atomic E-state index is 12.2. The molecule has 5 heteroatoms. The van der Waals surface area contributed by atoms with E-state index in [1.54, 1.807) is 4.68 Å². The van der Waals surface area contributed by atoms with E-state index >= 15 is 0 Å². The molecule has 5 nitrogen and oxygen atoms in total. The molecule has 1 atom stereocenters. The van der Waals surface area contributed by atoms with Crippen molar-refractivity contribution in [2.24, 2.45) is 0 Å². The van der Waals surface area contributed by atoms with E-state index in [-0.39, 0.29) is 5.91 Å². The number of likely N-dealkylation sites (tertiary alicyclic amines) is 1. The molecule has 23 heavy (non-hydrogen) atoms. The van der Waals surface area contributed by atoms with Crippen molar-refractivity contribution in [1.82, 2.24) is 20.0 Å². The molecule has 1 N–H and O–H groups in total. The molecular weight excluding hydrogens is 288 g/mol. The lowest BCUT2D eigenvalue weighted by Gasteiger charge is -2.38. The van der Waals surface area contributed by atoms with Gasteiger partial charge >= 0.3 is 0 Å². The molecule has 2 aliphatic rings. The molecule has 0 aromatic carbocycles. The second-order valence-electron chi connectivity index (χ2n) is 7.20. The van der Waals surface area contributed by atoms with Gasteiger partial charge in [0, 0.05) is 24.8 Å². The predicted molar refractivity (Wildman–Crippen MR) is 91.2 cm³/mol. The third kappa shape index (κ3) is 4.80. The first-order valence-electron chi connectivity index (χ1n) is 9.24. The summed E-state index contributed by atoms with van der Waals surface area (Å²) in [5.41, 5.74) is 0.954. The SMILES string of the molecule is Cc1ccn(CC(=O)N[C@H]2CCCN(C3CCCCCC3)C2)n1. The summed E-state index contributed by atoms with van der Waals surface area (Å²) in [6.45, 7) is 4.50. The molecule has 128 valence electrons. The van der Waals surface area contributed by atoms with Gasteiger partial charge in [-0.25, -0.2) is 0 Å². The fourth-order valence-electron chi connectivity index (χ4n) is 4.05. The highest BCUT2D eigenvalue weighted by atomic mass is 16.2. The average Bonchev–Trinajstić information content (AvgIpc) is 2.78. The lowest BCUT2D eigenvalue weighted by atomic mass is 10.00. The Balaban J connectivity index is 1.48. The summed E-state index contributed by atoms with van der Waals surface area (Å²) in [5, 5.41) is 7.51. The average molecular weight is 318 g/mol. The van der Waals surface area contributed by atoms with Crippen molar-refractivity contribution in [3.05, 3.63) is 18.0 Å². The van der Waals surface area contributed by atoms with Crippen molar-refractivity contribution < 1.29 is 4.79 Å². The number of rotatable bonds is 4. The van der Waals surface area contributed by atoms with E-state index in [0.717, 1.165) is 24.7 Å². The first-order chi connectivity index (χ1) is 11.2. The Morgan fingerprint density at radius 1 is 1.22 bits per heavy atom. The number of nitrogens with one attached hydrogen (secondary N) is 1. The number of hydrogen-bond acceptors (Lipinski definition) is 3. The van der Waals surface area contributed by atoms with Gasteiger partial charge in [0.2, 0.25) is 5.91 Å². The van der Waals surface area contributed by atoms with Crippen LogP contribution >= 0.6 is 0 Å². The van der Waals surface area contributed by atoms with Crippen molar-refractivity contribution in [3.63, 3.8) is 0 Å². The molecule has 3 rings (SSSR count). The summed E-state index contributed by atoms with van der Waals surface area (Å²) in [4.78, 5) is 14.9. The van der Waals surface area contributed by atoms with Crippen molar-refractivity contribution in [2.75, 3.05) is 13.1 Å². The highest BCUT2D eigenvalue weighted by Gasteiger charge is 2.27. The van der Waals surface area contributed by atoms with Crippen LogP contribution in [-0.2, 0) is 11.3 Å². The Morgan fingerprint density at radius 3 is 2.70 bits per heavy atom. The van der Waals surface area contributed by atoms with E-state index in [9.17, 15) is 4.79 Å². The molecule has 1 amide bonds. The van der Waals surface area contributed by atoms with Crippen LogP contribution in [0.3, 0.4) is 0 Å². The lowest BCUT2D eigenvalue weighted by molar-refractivity contribution is -0.123. The van der Waals surface area contributed by atoms with E-state index in [1.165, 1.54) is 51.5 Å². The Hall–Kier alpha value is -1.36. The molecule has 2 fully saturated rings. The van der Waals surface area contributed by atoms with Gasteiger partial charge in [-0.05, 0) is 45.2 Å². The number of hydrogen-bond donors (Lipinski definition) is 1. The van der Waals surface area contributed by atoms with Crippen LogP contribution < -0.4 is 5.32 Å². The van der Waals surface area contributed by atoms with Gasteiger partial charge < -0.3 is 5.32 Å². The zero-order chi connectivity index (χ0) is 16.1. The first kappa shape index (κ1) is 16.5. The Kier molecular flexibility index (Phi) is 5.70. The van der Waals surface area contributed by atoms with Gasteiger partial charge in [-0.15, -0.1) is 0 Å². The van der Waals surface area contributed by atoms with Crippen LogP contribution in [0.2, 0.25) is 0 Å². The quantitative estimate of drug-likeness (QED) is 0.868. The summed E-state index contributed by atoms with van der Waals surface area (Å²) in [7, 11) is 0. The van der Waals surface area contributed by atoms with Gasteiger partial charge in [0.15, 0.2) is 0 Å². The van der Waals surface area contributed by atoms with Crippen LogP contribution in [0.5, 0.6) is 0 Å². The number of carbonyl (C=O) groups is 1. The van der Waals surface area contributed by atoms with E-state index in [2.05, 4.69) is 15.3 Å². The van der Waals surface area contributed by atoms with E-state index in [1.807, 2.05) is 19.2 Å². The molecule has 1 aliphatic carbocycles. The van der Waals surface area contributed by atoms with Crippen LogP contribution in [0.15, 0.2) is 12.3 Å². The van der Waals surface area contributed by atoms with Crippen LogP contribution in [0.25, 0.3) is 0 Å². The Morgan fingerprint density at radius 2 is 2.00 bits per heavy atom. The summed E-state index contributed by atoms with van der Waals surface area (Å²) < 4.78 is 1.72. The molecule has 1 aromatic heterocycles. The normalized spacial score (nSPS) is 24.3. The van der Waals surface area contributed by atoms with E-state index in [4.69, 9.17) is 0 Å². The van der Waals surface area contributed by atoms with Gasteiger partial charge in [0.05, 0.1) is 5.69 Å². The third-order valence-corrected chi connectivity index (χ3v) is 5.24. The Bertz CT molecular complexity index is 505. The number of carbonyl (C=O) groups excluding carboxylic acids is 1. The summed E-state index contributed by atoms with van der Waals surface area (Å²) in [5.74, 6) is 0.0841. The fraction of sp³-hybridized carbons (Fsp3) is 0.778. The smallest absolute Gasteiger partial charge is 0.241 e. The fourth-order valence-corrected chi connectivity index (χ4v) is 4.05. The van der Waals surface area contributed by atoms with Gasteiger partial charge in [0.1, 0.15) is 6.54 Å². The van der Waals surface area contributed by atoms with Gasteiger partial charge in [-0.1, -0.05) is 25.7 Å². The number of nitrogens with zero attached hydrogens (tertiary/aromatic N) is 3. The lowest BCUT2D eigenvalue weighted by Crippen LogP contribution is -2.51. The zero-order valence-corrected chi connectivity index (χ0v) is 14.3. The van der Waals surface area contributed by atoms with Gasteiger partial charge in [-0.3, -0.25) is 14.4 Å². The molecule has 0 radical (unpaired) electrons. The molecule has 1 saturated carbocycles. The first-order valence-corrected chi connectivity index (χ1v) is 9.24. The van der Waals surface area contributed by atoms with Crippen LogP contribution in [0.4, 0.5) is 0 Å². The standard InChI is InChI=1S/C18H30N4O/c1-15-10-12-22(20-15)14-18(23)19-16-7-6-11-21(13-16)17-8-4-2-3-5-9-17/h10,12,16-17H,2-9,11,13-14H2,1H3,(H,19,23)/t16-/m0/s1. The molecule has 1 aliphatic heterocycles. The van der Waals surface area contributed by atoms with Gasteiger partial charge in [0.25, 0.3) is 0 Å². The van der Waals surface area contributed by atoms with Crippen LogP contribution in [0.1, 0.15) is 57.1 Å². The van der Waals surface area contributed by atoms with Crippen molar-refractivity contribution in [1.29, 1.82) is 0 Å². The number of aromatic nitrogens is 2. The highest BCUT2D eigenvalue weighted by Crippen LogP contribution is 2.24. The predicted octanol–water partition coefficient (Wildman–Crippen LogP) is 2.49. The topological polar surface area (TPSA) is 50.2 Å². The number of piperidine rings is 1. The maximum atomic E-state index is 12.2. The second-order valence-corrected chi connectivity index (χ2v) is 7.20. The van der Waals surface area contributed by atoms with Crippen LogP contribution in [-0.4, -0.2) is 45.8 Å². The highest BCUT2D eigenvalue weighted by molar-refractivity contribution is 5.76.